The van der Waals surface area contributed by atoms with Crippen LogP contribution in [0.4, 0.5) is 5.69 Å². The molecule has 4 heteroatoms. The van der Waals surface area contributed by atoms with Gasteiger partial charge in [-0.05, 0) is 37.7 Å². The van der Waals surface area contributed by atoms with Crippen molar-refractivity contribution in [3.8, 4) is 6.07 Å². The lowest BCUT2D eigenvalue weighted by Crippen LogP contribution is -2.49. The quantitative estimate of drug-likeness (QED) is 0.777. The Balaban J connectivity index is 1.99. The van der Waals surface area contributed by atoms with Gasteiger partial charge in [0.05, 0.1) is 30.0 Å². The highest BCUT2D eigenvalue weighted by atomic mass is 32.2. The predicted molar refractivity (Wildman–Crippen MR) is 77.7 cm³/mol. The largest absolute Gasteiger partial charge is 0.374 e. The molecule has 1 saturated carbocycles. The maximum atomic E-state index is 9.48. The van der Waals surface area contributed by atoms with Gasteiger partial charge in [-0.3, -0.25) is 0 Å². The van der Waals surface area contributed by atoms with Crippen molar-refractivity contribution in [2.75, 3.05) is 24.3 Å². The van der Waals surface area contributed by atoms with Crippen molar-refractivity contribution in [2.45, 2.75) is 36.3 Å². The maximum absolute atomic E-state index is 9.48. The van der Waals surface area contributed by atoms with E-state index in [0.717, 1.165) is 35.7 Å². The van der Waals surface area contributed by atoms with Crippen LogP contribution in [0.25, 0.3) is 0 Å². The minimum atomic E-state index is 0.359. The van der Waals surface area contributed by atoms with Crippen molar-refractivity contribution in [1.29, 1.82) is 5.26 Å². The summed E-state index contributed by atoms with van der Waals surface area (Å²) in [4.78, 5) is 3.47. The Labute approximate surface area is 118 Å². The number of hydrogen-bond donors (Lipinski definition) is 0. The van der Waals surface area contributed by atoms with Gasteiger partial charge in [-0.1, -0.05) is 6.07 Å². The van der Waals surface area contributed by atoms with E-state index in [2.05, 4.69) is 23.1 Å². The molecule has 2 unspecified atom stereocenters. The van der Waals surface area contributed by atoms with Gasteiger partial charge in [0.25, 0.3) is 0 Å². The van der Waals surface area contributed by atoms with E-state index in [1.165, 1.54) is 12.8 Å². The molecule has 3 rings (SSSR count). The molecule has 1 aliphatic heterocycles. The fourth-order valence-corrected chi connectivity index (χ4v) is 3.84. The topological polar surface area (TPSA) is 36.3 Å². The average molecular weight is 274 g/mol. The molecule has 0 aromatic heterocycles. The highest BCUT2D eigenvalue weighted by Crippen LogP contribution is 2.36. The number of benzene rings is 1. The number of morpholine rings is 1. The van der Waals surface area contributed by atoms with E-state index >= 15 is 0 Å². The van der Waals surface area contributed by atoms with Gasteiger partial charge in [0.1, 0.15) is 6.07 Å². The molecule has 0 radical (unpaired) electrons. The molecule has 1 aromatic carbocycles. The van der Waals surface area contributed by atoms with Crippen molar-refractivity contribution in [2.24, 2.45) is 0 Å². The van der Waals surface area contributed by atoms with E-state index < -0.39 is 0 Å². The third-order valence-electron chi connectivity index (χ3n) is 4.13. The van der Waals surface area contributed by atoms with Gasteiger partial charge in [-0.15, -0.1) is 11.8 Å². The number of nitrogens with zero attached hydrogens (tertiary/aromatic N) is 2. The third kappa shape index (κ3) is 2.22. The summed E-state index contributed by atoms with van der Waals surface area (Å²) >= 11 is 1.64. The molecule has 0 N–H and O–H groups in total. The van der Waals surface area contributed by atoms with Crippen molar-refractivity contribution >= 4 is 17.4 Å². The molecule has 3 nitrogen and oxygen atoms in total. The SMILES string of the molecule is CSc1cccc(N2CCOC3CCCC32)c1C#N. The fraction of sp³-hybridized carbons (Fsp3) is 0.533. The van der Waals surface area contributed by atoms with Crippen LogP contribution in [-0.4, -0.2) is 31.6 Å². The van der Waals surface area contributed by atoms with Crippen LogP contribution >= 0.6 is 11.8 Å². The number of rotatable bonds is 2. The molecule has 2 atom stereocenters. The number of anilines is 1. The summed E-state index contributed by atoms with van der Waals surface area (Å²) < 4.78 is 5.85. The Morgan fingerprint density at radius 3 is 3.11 bits per heavy atom. The summed E-state index contributed by atoms with van der Waals surface area (Å²) in [5, 5.41) is 9.48. The van der Waals surface area contributed by atoms with Crippen LogP contribution in [-0.2, 0) is 4.74 Å². The molecule has 0 amide bonds. The van der Waals surface area contributed by atoms with Crippen molar-refractivity contribution < 1.29 is 4.74 Å². The van der Waals surface area contributed by atoms with Gasteiger partial charge in [0.15, 0.2) is 0 Å². The summed E-state index contributed by atoms with van der Waals surface area (Å²) in [5.41, 5.74) is 1.91. The lowest BCUT2D eigenvalue weighted by Gasteiger charge is -2.39. The van der Waals surface area contributed by atoms with Crippen molar-refractivity contribution in [3.05, 3.63) is 23.8 Å². The zero-order valence-corrected chi connectivity index (χ0v) is 11.9. The first kappa shape index (κ1) is 12.8. The smallest absolute Gasteiger partial charge is 0.103 e. The number of ether oxygens (including phenoxy) is 1. The molecule has 1 saturated heterocycles. The average Bonchev–Trinajstić information content (AvgIpc) is 2.94. The van der Waals surface area contributed by atoms with Crippen LogP contribution < -0.4 is 4.90 Å². The molecule has 100 valence electrons. The zero-order valence-electron chi connectivity index (χ0n) is 11.1. The Morgan fingerprint density at radius 1 is 1.42 bits per heavy atom. The van der Waals surface area contributed by atoms with Crippen LogP contribution in [0.3, 0.4) is 0 Å². The Bertz CT molecular complexity index is 511. The van der Waals surface area contributed by atoms with E-state index in [1.807, 2.05) is 12.3 Å². The molecule has 1 aromatic rings. The summed E-state index contributed by atoms with van der Waals surface area (Å²) in [6.07, 6.45) is 5.95. The van der Waals surface area contributed by atoms with E-state index in [9.17, 15) is 5.26 Å². The lowest BCUT2D eigenvalue weighted by molar-refractivity contribution is 0.0256. The molecule has 0 spiro atoms. The number of nitriles is 1. The van der Waals surface area contributed by atoms with E-state index in [-0.39, 0.29) is 0 Å². The standard InChI is InChI=1S/C15H18N2OS/c1-19-15-7-3-4-12(11(15)10-16)17-8-9-18-14-6-2-5-13(14)17/h3-4,7,13-14H,2,5-6,8-9H2,1H3. The summed E-state index contributed by atoms with van der Waals surface area (Å²) in [7, 11) is 0. The Kier molecular flexibility index (Phi) is 3.67. The van der Waals surface area contributed by atoms with Crippen LogP contribution in [0.15, 0.2) is 23.1 Å². The van der Waals surface area contributed by atoms with E-state index in [0.29, 0.717) is 12.1 Å². The van der Waals surface area contributed by atoms with Crippen molar-refractivity contribution in [1.82, 2.24) is 0 Å². The van der Waals surface area contributed by atoms with Gasteiger partial charge < -0.3 is 9.64 Å². The van der Waals surface area contributed by atoms with Crippen LogP contribution in [0.1, 0.15) is 24.8 Å². The molecule has 1 heterocycles. The number of hydrogen-bond acceptors (Lipinski definition) is 4. The van der Waals surface area contributed by atoms with Gasteiger partial charge >= 0.3 is 0 Å². The predicted octanol–water partition coefficient (Wildman–Crippen LogP) is 3.04. The number of thioether (sulfide) groups is 1. The van der Waals surface area contributed by atoms with E-state index in [4.69, 9.17) is 4.74 Å². The zero-order chi connectivity index (χ0) is 13.2. The van der Waals surface area contributed by atoms with Gasteiger partial charge in [0.2, 0.25) is 0 Å². The first-order chi connectivity index (χ1) is 9.35. The van der Waals surface area contributed by atoms with Crippen LogP contribution in [0.2, 0.25) is 0 Å². The molecule has 1 aliphatic carbocycles. The Hall–Kier alpha value is -1.18. The second-order valence-corrected chi connectivity index (χ2v) is 5.92. The Morgan fingerprint density at radius 2 is 2.32 bits per heavy atom. The second kappa shape index (κ2) is 5.44. The highest BCUT2D eigenvalue weighted by Gasteiger charge is 2.37. The van der Waals surface area contributed by atoms with Gasteiger partial charge in [-0.2, -0.15) is 5.26 Å². The molecule has 0 bridgehead atoms. The van der Waals surface area contributed by atoms with Gasteiger partial charge in [0, 0.05) is 11.4 Å². The molecule has 2 fully saturated rings. The summed E-state index contributed by atoms with van der Waals surface area (Å²) in [6.45, 7) is 1.67. The normalized spacial score (nSPS) is 26.0. The van der Waals surface area contributed by atoms with Crippen LogP contribution in [0.5, 0.6) is 0 Å². The second-order valence-electron chi connectivity index (χ2n) is 5.07. The van der Waals surface area contributed by atoms with Gasteiger partial charge in [-0.25, -0.2) is 0 Å². The minimum Gasteiger partial charge on any atom is -0.374 e. The first-order valence-electron chi connectivity index (χ1n) is 6.80. The van der Waals surface area contributed by atoms with Crippen LogP contribution in [0, 0.1) is 11.3 Å². The monoisotopic (exact) mass is 274 g/mol. The van der Waals surface area contributed by atoms with E-state index in [1.54, 1.807) is 11.8 Å². The molecular weight excluding hydrogens is 256 g/mol. The fourth-order valence-electron chi connectivity index (χ4n) is 3.27. The number of fused-ring (bicyclic) bond motifs is 1. The molecule has 2 aliphatic rings. The molecule has 19 heavy (non-hydrogen) atoms. The van der Waals surface area contributed by atoms with Crippen molar-refractivity contribution in [3.63, 3.8) is 0 Å². The molecular formula is C15H18N2OS. The first-order valence-corrected chi connectivity index (χ1v) is 8.03. The summed E-state index contributed by atoms with van der Waals surface area (Å²) in [6, 6.07) is 9.01. The minimum absolute atomic E-state index is 0.359. The lowest BCUT2D eigenvalue weighted by atomic mass is 10.1. The third-order valence-corrected chi connectivity index (χ3v) is 4.91. The summed E-state index contributed by atoms with van der Waals surface area (Å²) in [5.74, 6) is 0. The maximum Gasteiger partial charge on any atom is 0.103 e. The highest BCUT2D eigenvalue weighted by molar-refractivity contribution is 7.98.